The lowest BCUT2D eigenvalue weighted by atomic mass is 9.97. The van der Waals surface area contributed by atoms with Crippen LogP contribution in [0.15, 0.2) is 0 Å². The fraction of sp³-hybridized carbons (Fsp3) is 0.938. The van der Waals surface area contributed by atoms with Crippen molar-refractivity contribution >= 4 is 5.97 Å². The molecule has 0 radical (unpaired) electrons. The number of hydrogen-bond acceptors (Lipinski definition) is 5. The van der Waals surface area contributed by atoms with Gasteiger partial charge in [0.15, 0.2) is 0 Å². The summed E-state index contributed by atoms with van der Waals surface area (Å²) in [7, 11) is 6.09. The molecule has 0 spiro atoms. The van der Waals surface area contributed by atoms with E-state index in [2.05, 4.69) is 36.1 Å². The summed E-state index contributed by atoms with van der Waals surface area (Å²) in [5.74, 6) is -0.0842. The SMILES string of the molecule is CCCN(CCN(C)C)C1CCC(NC)(C(=O)OCC)C1. The van der Waals surface area contributed by atoms with E-state index in [0.29, 0.717) is 12.6 Å². The van der Waals surface area contributed by atoms with Crippen molar-refractivity contribution in [3.05, 3.63) is 0 Å². The fourth-order valence-electron chi connectivity index (χ4n) is 3.21. The second-order valence-electron chi connectivity index (χ2n) is 6.29. The molecular formula is C16H33N3O2. The van der Waals surface area contributed by atoms with Gasteiger partial charge in [0, 0.05) is 19.1 Å². The van der Waals surface area contributed by atoms with E-state index in [-0.39, 0.29) is 5.97 Å². The lowest BCUT2D eigenvalue weighted by Gasteiger charge is -2.32. The Bertz CT molecular complexity index is 323. The molecule has 1 N–H and O–H groups in total. The second-order valence-corrected chi connectivity index (χ2v) is 6.29. The average molecular weight is 299 g/mol. The normalized spacial score (nSPS) is 25.8. The van der Waals surface area contributed by atoms with Crippen molar-refractivity contribution in [2.24, 2.45) is 0 Å². The van der Waals surface area contributed by atoms with Crippen LogP contribution in [0.25, 0.3) is 0 Å². The van der Waals surface area contributed by atoms with Crippen LogP contribution in [0.4, 0.5) is 0 Å². The van der Waals surface area contributed by atoms with Gasteiger partial charge in [-0.3, -0.25) is 9.69 Å². The molecular weight excluding hydrogens is 266 g/mol. The van der Waals surface area contributed by atoms with Crippen LogP contribution in [-0.2, 0) is 9.53 Å². The predicted octanol–water partition coefficient (Wildman–Crippen LogP) is 1.33. The first-order chi connectivity index (χ1) is 9.99. The van der Waals surface area contributed by atoms with Crippen LogP contribution in [0.5, 0.6) is 0 Å². The van der Waals surface area contributed by atoms with Gasteiger partial charge in [0.2, 0.25) is 0 Å². The van der Waals surface area contributed by atoms with E-state index in [4.69, 9.17) is 4.74 Å². The highest BCUT2D eigenvalue weighted by molar-refractivity contribution is 5.81. The molecule has 1 saturated carbocycles. The van der Waals surface area contributed by atoms with Crippen molar-refractivity contribution in [3.8, 4) is 0 Å². The van der Waals surface area contributed by atoms with Gasteiger partial charge >= 0.3 is 5.97 Å². The Hall–Kier alpha value is -0.650. The molecule has 0 bridgehead atoms. The van der Waals surface area contributed by atoms with Gasteiger partial charge < -0.3 is 15.0 Å². The van der Waals surface area contributed by atoms with Crippen molar-refractivity contribution in [2.75, 3.05) is 47.4 Å². The van der Waals surface area contributed by atoms with E-state index in [9.17, 15) is 4.79 Å². The molecule has 0 saturated heterocycles. The fourth-order valence-corrected chi connectivity index (χ4v) is 3.21. The third-order valence-corrected chi connectivity index (χ3v) is 4.49. The first-order valence-corrected chi connectivity index (χ1v) is 8.24. The summed E-state index contributed by atoms with van der Waals surface area (Å²) in [6, 6.07) is 0.474. The van der Waals surface area contributed by atoms with E-state index < -0.39 is 5.54 Å². The topological polar surface area (TPSA) is 44.8 Å². The minimum atomic E-state index is -0.481. The molecule has 0 aromatic heterocycles. The molecule has 21 heavy (non-hydrogen) atoms. The summed E-state index contributed by atoms with van der Waals surface area (Å²) in [4.78, 5) is 17.0. The molecule has 124 valence electrons. The largest absolute Gasteiger partial charge is 0.465 e. The Balaban J connectivity index is 2.68. The van der Waals surface area contributed by atoms with Crippen molar-refractivity contribution in [3.63, 3.8) is 0 Å². The Morgan fingerprint density at radius 3 is 2.52 bits per heavy atom. The molecule has 0 heterocycles. The summed E-state index contributed by atoms with van der Waals surface area (Å²) in [5, 5.41) is 3.24. The predicted molar refractivity (Wildman–Crippen MR) is 86.5 cm³/mol. The third-order valence-electron chi connectivity index (χ3n) is 4.49. The van der Waals surface area contributed by atoms with E-state index in [1.807, 2.05) is 14.0 Å². The minimum Gasteiger partial charge on any atom is -0.465 e. The number of rotatable bonds is 9. The van der Waals surface area contributed by atoms with Crippen LogP contribution in [0.2, 0.25) is 0 Å². The van der Waals surface area contributed by atoms with E-state index in [1.54, 1.807) is 0 Å². The Kier molecular flexibility index (Phi) is 7.63. The molecule has 2 atom stereocenters. The zero-order valence-electron chi connectivity index (χ0n) is 14.4. The number of ether oxygens (including phenoxy) is 1. The first kappa shape index (κ1) is 18.4. The van der Waals surface area contributed by atoms with Gasteiger partial charge in [0.25, 0.3) is 0 Å². The van der Waals surface area contributed by atoms with Gasteiger partial charge in [-0.05, 0) is 60.3 Å². The van der Waals surface area contributed by atoms with Crippen molar-refractivity contribution in [2.45, 2.75) is 51.1 Å². The van der Waals surface area contributed by atoms with Crippen LogP contribution in [0.3, 0.4) is 0 Å². The minimum absolute atomic E-state index is 0.0842. The van der Waals surface area contributed by atoms with Gasteiger partial charge in [-0.15, -0.1) is 0 Å². The van der Waals surface area contributed by atoms with Crippen LogP contribution < -0.4 is 5.32 Å². The van der Waals surface area contributed by atoms with Crippen molar-refractivity contribution in [1.82, 2.24) is 15.1 Å². The van der Waals surface area contributed by atoms with E-state index in [0.717, 1.165) is 45.3 Å². The molecule has 0 aromatic rings. The molecule has 2 unspecified atom stereocenters. The second kappa shape index (κ2) is 8.71. The van der Waals surface area contributed by atoms with Gasteiger partial charge in [-0.25, -0.2) is 0 Å². The zero-order chi connectivity index (χ0) is 15.9. The third kappa shape index (κ3) is 4.94. The maximum absolute atomic E-state index is 12.3. The summed E-state index contributed by atoms with van der Waals surface area (Å²) < 4.78 is 5.28. The van der Waals surface area contributed by atoms with Crippen LogP contribution >= 0.6 is 0 Å². The van der Waals surface area contributed by atoms with E-state index in [1.165, 1.54) is 0 Å². The molecule has 0 aliphatic heterocycles. The molecule has 0 aromatic carbocycles. The van der Waals surface area contributed by atoms with E-state index >= 15 is 0 Å². The molecule has 5 heteroatoms. The summed E-state index contributed by atoms with van der Waals surface area (Å²) >= 11 is 0. The number of carbonyl (C=O) groups is 1. The van der Waals surface area contributed by atoms with Gasteiger partial charge in [0.05, 0.1) is 6.61 Å². The number of nitrogens with one attached hydrogen (secondary N) is 1. The van der Waals surface area contributed by atoms with Crippen molar-refractivity contribution in [1.29, 1.82) is 0 Å². The molecule has 1 aliphatic rings. The number of likely N-dealkylation sites (N-methyl/N-ethyl adjacent to an activating group) is 2. The Labute approximate surface area is 130 Å². The summed E-state index contributed by atoms with van der Waals surface area (Å²) in [5.41, 5.74) is -0.481. The zero-order valence-corrected chi connectivity index (χ0v) is 14.4. The highest BCUT2D eigenvalue weighted by atomic mass is 16.5. The number of nitrogens with zero attached hydrogens (tertiary/aromatic N) is 2. The maximum Gasteiger partial charge on any atom is 0.326 e. The first-order valence-electron chi connectivity index (χ1n) is 8.24. The lowest BCUT2D eigenvalue weighted by Crippen LogP contribution is -2.51. The standard InChI is InChI=1S/C16H33N3O2/c1-6-10-19(12-11-18(4)5)14-8-9-16(13-14,17-3)15(20)21-7-2/h14,17H,6-13H2,1-5H3. The smallest absolute Gasteiger partial charge is 0.326 e. The molecule has 5 nitrogen and oxygen atoms in total. The quantitative estimate of drug-likeness (QED) is 0.651. The van der Waals surface area contributed by atoms with Gasteiger partial charge in [-0.2, -0.15) is 0 Å². The molecule has 0 amide bonds. The van der Waals surface area contributed by atoms with Crippen LogP contribution in [0.1, 0.15) is 39.5 Å². The van der Waals surface area contributed by atoms with Crippen molar-refractivity contribution < 1.29 is 9.53 Å². The summed E-state index contributed by atoms with van der Waals surface area (Å²) in [6.07, 6.45) is 3.94. The Morgan fingerprint density at radius 1 is 1.29 bits per heavy atom. The monoisotopic (exact) mass is 299 g/mol. The van der Waals surface area contributed by atoms with Gasteiger partial charge in [-0.1, -0.05) is 6.92 Å². The highest BCUT2D eigenvalue weighted by Gasteiger charge is 2.46. The van der Waals surface area contributed by atoms with Gasteiger partial charge in [0.1, 0.15) is 5.54 Å². The highest BCUT2D eigenvalue weighted by Crippen LogP contribution is 2.34. The molecule has 1 fully saturated rings. The lowest BCUT2D eigenvalue weighted by molar-refractivity contribution is -0.151. The number of hydrogen-bond donors (Lipinski definition) is 1. The molecule has 1 aliphatic carbocycles. The number of esters is 1. The Morgan fingerprint density at radius 2 is 2.00 bits per heavy atom. The summed E-state index contributed by atoms with van der Waals surface area (Å²) in [6.45, 7) is 7.76. The molecule has 1 rings (SSSR count). The average Bonchev–Trinajstić information content (AvgIpc) is 2.89. The van der Waals surface area contributed by atoms with Crippen LogP contribution in [-0.4, -0.2) is 74.7 Å². The maximum atomic E-state index is 12.3. The number of carbonyl (C=O) groups excluding carboxylic acids is 1. The van der Waals surface area contributed by atoms with Crippen LogP contribution in [0, 0.1) is 0 Å².